The molecule has 126 valence electrons. The summed E-state index contributed by atoms with van der Waals surface area (Å²) in [5, 5.41) is 0. The normalized spacial score (nSPS) is 18.2. The molecule has 0 aromatic carbocycles. The summed E-state index contributed by atoms with van der Waals surface area (Å²) in [6, 6.07) is 6.08. The lowest BCUT2D eigenvalue weighted by Crippen LogP contribution is -2.47. The summed E-state index contributed by atoms with van der Waals surface area (Å²) in [7, 11) is 0. The van der Waals surface area contributed by atoms with Crippen LogP contribution in [0.25, 0.3) is 0 Å². The quantitative estimate of drug-likeness (QED) is 0.836. The molecule has 2 aliphatic rings. The zero-order valence-corrected chi connectivity index (χ0v) is 14.1. The Balaban J connectivity index is 1.54. The number of pyridine rings is 1. The van der Waals surface area contributed by atoms with Crippen LogP contribution >= 0.6 is 0 Å². The molecule has 4 rings (SSSR count). The average molecular weight is 325 g/mol. The van der Waals surface area contributed by atoms with E-state index in [0.717, 1.165) is 69.7 Å². The highest BCUT2D eigenvalue weighted by Gasteiger charge is 2.24. The fourth-order valence-electron chi connectivity index (χ4n) is 3.50. The van der Waals surface area contributed by atoms with Crippen molar-refractivity contribution in [2.75, 3.05) is 49.2 Å². The lowest BCUT2D eigenvalue weighted by atomic mass is 10.1. The summed E-state index contributed by atoms with van der Waals surface area (Å²) in [5.41, 5.74) is 2.45. The smallest absolute Gasteiger partial charge is 0.135 e. The number of aryl methyl sites for hydroxylation is 1. The van der Waals surface area contributed by atoms with Gasteiger partial charge in [-0.05, 0) is 19.1 Å². The molecule has 24 heavy (non-hydrogen) atoms. The second-order valence-corrected chi connectivity index (χ2v) is 6.29. The molecular weight excluding hydrogens is 302 g/mol. The van der Waals surface area contributed by atoms with Crippen LogP contribution in [-0.2, 0) is 17.6 Å². The van der Waals surface area contributed by atoms with E-state index < -0.39 is 0 Å². The van der Waals surface area contributed by atoms with E-state index in [0.29, 0.717) is 0 Å². The van der Waals surface area contributed by atoms with Crippen molar-refractivity contribution in [1.82, 2.24) is 15.0 Å². The van der Waals surface area contributed by atoms with E-state index in [1.54, 1.807) is 0 Å². The Morgan fingerprint density at radius 2 is 1.75 bits per heavy atom. The van der Waals surface area contributed by atoms with Crippen LogP contribution in [0.4, 0.5) is 11.6 Å². The van der Waals surface area contributed by atoms with Crippen LogP contribution in [0.5, 0.6) is 0 Å². The van der Waals surface area contributed by atoms with Crippen LogP contribution in [0.15, 0.2) is 24.4 Å². The van der Waals surface area contributed by atoms with Gasteiger partial charge in [-0.15, -0.1) is 0 Å². The molecule has 0 spiro atoms. The molecule has 0 unspecified atom stereocenters. The molecule has 0 aliphatic carbocycles. The fourth-order valence-corrected chi connectivity index (χ4v) is 3.50. The molecule has 2 aromatic rings. The van der Waals surface area contributed by atoms with E-state index in [1.165, 1.54) is 11.3 Å². The number of piperazine rings is 1. The molecule has 6 nitrogen and oxygen atoms in total. The van der Waals surface area contributed by atoms with Gasteiger partial charge in [0, 0.05) is 50.8 Å². The van der Waals surface area contributed by atoms with E-state index in [-0.39, 0.29) is 0 Å². The summed E-state index contributed by atoms with van der Waals surface area (Å²) in [6.07, 6.45) is 3.65. The van der Waals surface area contributed by atoms with Gasteiger partial charge in [-0.3, -0.25) is 0 Å². The highest BCUT2D eigenvalue weighted by molar-refractivity contribution is 5.52. The Bertz CT molecular complexity index is 698. The molecule has 1 fully saturated rings. The van der Waals surface area contributed by atoms with Crippen molar-refractivity contribution in [3.8, 4) is 0 Å². The zero-order chi connectivity index (χ0) is 16.4. The van der Waals surface area contributed by atoms with Gasteiger partial charge in [0.2, 0.25) is 0 Å². The lowest BCUT2D eigenvalue weighted by molar-refractivity contribution is 0.146. The number of hydrogen-bond donors (Lipinski definition) is 0. The van der Waals surface area contributed by atoms with E-state index in [1.807, 2.05) is 25.3 Å². The van der Waals surface area contributed by atoms with Gasteiger partial charge in [0.15, 0.2) is 0 Å². The predicted octanol–water partition coefficient (Wildman–Crippen LogP) is 1.62. The van der Waals surface area contributed by atoms with Crippen LogP contribution in [-0.4, -0.2) is 54.3 Å². The van der Waals surface area contributed by atoms with E-state index in [2.05, 4.69) is 25.8 Å². The maximum absolute atomic E-state index is 5.63. The summed E-state index contributed by atoms with van der Waals surface area (Å²) in [5.74, 6) is 3.03. The van der Waals surface area contributed by atoms with Crippen LogP contribution in [0.1, 0.15) is 17.1 Å². The second-order valence-electron chi connectivity index (χ2n) is 6.29. The van der Waals surface area contributed by atoms with E-state index in [4.69, 9.17) is 9.72 Å². The Hall–Kier alpha value is -2.21. The van der Waals surface area contributed by atoms with E-state index >= 15 is 0 Å². The molecule has 1 saturated heterocycles. The molecule has 0 saturated carbocycles. The SMILES string of the molecule is Cc1nc2c(c(N3CCN(c4ccccn4)CC3)n1)CCOCC2. The maximum atomic E-state index is 5.63. The first kappa shape index (κ1) is 15.3. The first-order valence-electron chi connectivity index (χ1n) is 8.66. The first-order chi connectivity index (χ1) is 11.8. The maximum Gasteiger partial charge on any atom is 0.135 e. The minimum absolute atomic E-state index is 0.760. The van der Waals surface area contributed by atoms with Crippen molar-refractivity contribution in [2.24, 2.45) is 0 Å². The molecular formula is C18H23N5O. The third-order valence-corrected chi connectivity index (χ3v) is 4.71. The number of rotatable bonds is 2. The Kier molecular flexibility index (Phi) is 4.30. The van der Waals surface area contributed by atoms with Gasteiger partial charge in [-0.2, -0.15) is 0 Å². The molecule has 0 atom stereocenters. The number of hydrogen-bond acceptors (Lipinski definition) is 6. The Morgan fingerprint density at radius 3 is 2.54 bits per heavy atom. The summed E-state index contributed by atoms with van der Waals surface area (Å²) in [4.78, 5) is 18.6. The number of aromatic nitrogens is 3. The molecule has 0 radical (unpaired) electrons. The van der Waals surface area contributed by atoms with Gasteiger partial charge in [0.25, 0.3) is 0 Å². The van der Waals surface area contributed by atoms with Crippen molar-refractivity contribution in [3.63, 3.8) is 0 Å². The van der Waals surface area contributed by atoms with Gasteiger partial charge < -0.3 is 14.5 Å². The molecule has 0 amide bonds. The lowest BCUT2D eigenvalue weighted by Gasteiger charge is -2.37. The number of ether oxygens (including phenoxy) is 1. The molecule has 2 aliphatic heterocycles. The average Bonchev–Trinajstić information content (AvgIpc) is 2.87. The highest BCUT2D eigenvalue weighted by atomic mass is 16.5. The number of nitrogens with zero attached hydrogens (tertiary/aromatic N) is 5. The largest absolute Gasteiger partial charge is 0.381 e. The Morgan fingerprint density at radius 1 is 0.958 bits per heavy atom. The van der Waals surface area contributed by atoms with Crippen LogP contribution in [0, 0.1) is 6.92 Å². The van der Waals surface area contributed by atoms with Crippen molar-refractivity contribution in [3.05, 3.63) is 41.5 Å². The number of anilines is 2. The van der Waals surface area contributed by atoms with Gasteiger partial charge in [0.1, 0.15) is 17.5 Å². The van der Waals surface area contributed by atoms with Crippen molar-refractivity contribution < 1.29 is 4.74 Å². The number of fused-ring (bicyclic) bond motifs is 1. The van der Waals surface area contributed by atoms with Crippen molar-refractivity contribution in [2.45, 2.75) is 19.8 Å². The minimum atomic E-state index is 0.760. The summed E-state index contributed by atoms with van der Waals surface area (Å²) < 4.78 is 5.63. The first-order valence-corrected chi connectivity index (χ1v) is 8.66. The molecule has 0 N–H and O–H groups in total. The fraction of sp³-hybridized carbons (Fsp3) is 0.500. The van der Waals surface area contributed by atoms with Gasteiger partial charge in [-0.25, -0.2) is 15.0 Å². The van der Waals surface area contributed by atoms with Crippen LogP contribution in [0.3, 0.4) is 0 Å². The molecule has 2 aromatic heterocycles. The zero-order valence-electron chi connectivity index (χ0n) is 14.1. The molecule has 0 bridgehead atoms. The van der Waals surface area contributed by atoms with Crippen LogP contribution in [0.2, 0.25) is 0 Å². The monoisotopic (exact) mass is 325 g/mol. The molecule has 4 heterocycles. The van der Waals surface area contributed by atoms with Crippen molar-refractivity contribution in [1.29, 1.82) is 0 Å². The Labute approximate surface area is 142 Å². The van der Waals surface area contributed by atoms with Gasteiger partial charge in [-0.1, -0.05) is 6.07 Å². The van der Waals surface area contributed by atoms with Crippen LogP contribution < -0.4 is 9.80 Å². The topological polar surface area (TPSA) is 54.4 Å². The third kappa shape index (κ3) is 3.06. The predicted molar refractivity (Wildman–Crippen MR) is 93.7 cm³/mol. The standard InChI is InChI=1S/C18H23N5O/c1-14-20-16-6-13-24-12-5-15(16)18(21-14)23-10-8-22(9-11-23)17-4-2-3-7-19-17/h2-4,7H,5-6,8-13H2,1H3. The highest BCUT2D eigenvalue weighted by Crippen LogP contribution is 2.25. The van der Waals surface area contributed by atoms with E-state index in [9.17, 15) is 0 Å². The van der Waals surface area contributed by atoms with Crippen molar-refractivity contribution >= 4 is 11.6 Å². The van der Waals surface area contributed by atoms with Gasteiger partial charge in [0.05, 0.1) is 18.9 Å². The third-order valence-electron chi connectivity index (χ3n) is 4.71. The summed E-state index contributed by atoms with van der Waals surface area (Å²) >= 11 is 0. The van der Waals surface area contributed by atoms with Gasteiger partial charge >= 0.3 is 0 Å². The second kappa shape index (κ2) is 6.73. The minimum Gasteiger partial charge on any atom is -0.381 e. The molecule has 6 heteroatoms. The summed E-state index contributed by atoms with van der Waals surface area (Å²) in [6.45, 7) is 7.35.